The molecule has 1 amide bonds. The largest absolute Gasteiger partial charge is 0.398 e. The summed E-state index contributed by atoms with van der Waals surface area (Å²) in [5, 5.41) is 8.58. The van der Waals surface area contributed by atoms with Gasteiger partial charge in [-0.2, -0.15) is 5.26 Å². The third kappa shape index (κ3) is 1.99. The van der Waals surface area contributed by atoms with E-state index in [2.05, 4.69) is 4.98 Å². The van der Waals surface area contributed by atoms with Crippen molar-refractivity contribution in [1.29, 1.82) is 5.26 Å². The first kappa shape index (κ1) is 10.8. The molecule has 0 aliphatic carbocycles. The standard InChI is InChI=1S/C8H6F2N4O/c9-7(10)4-1-3(12)6(8(13)15)5(2-11)14-4/h1,7H,(H2,12,14)(H2,13,15). The van der Waals surface area contributed by atoms with E-state index < -0.39 is 23.7 Å². The zero-order valence-electron chi connectivity index (χ0n) is 7.37. The van der Waals surface area contributed by atoms with Crippen molar-refractivity contribution in [3.05, 3.63) is 23.0 Å². The molecular weight excluding hydrogens is 206 g/mol. The van der Waals surface area contributed by atoms with Gasteiger partial charge in [0.15, 0.2) is 5.69 Å². The molecule has 0 saturated heterocycles. The Hall–Kier alpha value is -2.23. The molecule has 0 aromatic carbocycles. The van der Waals surface area contributed by atoms with Crippen LogP contribution in [0.2, 0.25) is 0 Å². The Labute approximate surface area is 83.3 Å². The van der Waals surface area contributed by atoms with Gasteiger partial charge in [0.2, 0.25) is 0 Å². The second-order valence-electron chi connectivity index (χ2n) is 2.64. The normalized spacial score (nSPS) is 10.0. The van der Waals surface area contributed by atoms with E-state index in [-0.39, 0.29) is 11.3 Å². The van der Waals surface area contributed by atoms with Crippen LogP contribution in [0.4, 0.5) is 14.5 Å². The fraction of sp³-hybridized carbons (Fsp3) is 0.125. The van der Waals surface area contributed by atoms with Crippen molar-refractivity contribution in [2.45, 2.75) is 6.43 Å². The molecule has 0 saturated carbocycles. The molecule has 0 fully saturated rings. The fourth-order valence-corrected chi connectivity index (χ4v) is 1.04. The van der Waals surface area contributed by atoms with Crippen molar-refractivity contribution in [2.24, 2.45) is 5.73 Å². The maximum atomic E-state index is 12.3. The average Bonchev–Trinajstić information content (AvgIpc) is 2.15. The number of hydrogen-bond acceptors (Lipinski definition) is 4. The number of nitrogens with zero attached hydrogens (tertiary/aromatic N) is 2. The lowest BCUT2D eigenvalue weighted by Crippen LogP contribution is -2.17. The molecule has 5 nitrogen and oxygen atoms in total. The van der Waals surface area contributed by atoms with Crippen LogP contribution in [0.15, 0.2) is 6.07 Å². The molecule has 0 aliphatic rings. The zero-order chi connectivity index (χ0) is 11.6. The molecule has 1 heterocycles. The van der Waals surface area contributed by atoms with E-state index in [0.717, 1.165) is 6.07 Å². The third-order valence-electron chi connectivity index (χ3n) is 1.65. The summed E-state index contributed by atoms with van der Waals surface area (Å²) in [7, 11) is 0. The molecule has 0 bridgehead atoms. The first-order chi connectivity index (χ1) is 6.97. The van der Waals surface area contributed by atoms with Gasteiger partial charge in [0.05, 0.1) is 5.56 Å². The average molecular weight is 212 g/mol. The maximum Gasteiger partial charge on any atom is 0.280 e. The number of alkyl halides is 2. The topological polar surface area (TPSA) is 106 Å². The number of nitrogens with two attached hydrogens (primary N) is 2. The van der Waals surface area contributed by atoms with Gasteiger partial charge in [0, 0.05) is 5.69 Å². The van der Waals surface area contributed by atoms with Crippen molar-refractivity contribution < 1.29 is 13.6 Å². The van der Waals surface area contributed by atoms with Gasteiger partial charge in [-0.15, -0.1) is 0 Å². The number of amides is 1. The molecule has 15 heavy (non-hydrogen) atoms. The van der Waals surface area contributed by atoms with Crippen molar-refractivity contribution in [3.8, 4) is 6.07 Å². The Kier molecular flexibility index (Phi) is 2.80. The fourth-order valence-electron chi connectivity index (χ4n) is 1.04. The number of halogens is 2. The lowest BCUT2D eigenvalue weighted by atomic mass is 10.1. The summed E-state index contributed by atoms with van der Waals surface area (Å²) >= 11 is 0. The molecule has 1 rings (SSSR count). The van der Waals surface area contributed by atoms with E-state index in [1.54, 1.807) is 0 Å². The lowest BCUT2D eigenvalue weighted by molar-refractivity contribution is 0.0999. The van der Waals surface area contributed by atoms with E-state index in [4.69, 9.17) is 16.7 Å². The highest BCUT2D eigenvalue weighted by Crippen LogP contribution is 2.22. The van der Waals surface area contributed by atoms with Crippen LogP contribution in [-0.4, -0.2) is 10.9 Å². The summed E-state index contributed by atoms with van der Waals surface area (Å²) in [6, 6.07) is 2.31. The van der Waals surface area contributed by atoms with Crippen LogP contribution in [0.5, 0.6) is 0 Å². The minimum absolute atomic E-state index is 0.274. The van der Waals surface area contributed by atoms with E-state index in [1.165, 1.54) is 6.07 Å². The van der Waals surface area contributed by atoms with Crippen LogP contribution in [0, 0.1) is 11.3 Å². The predicted molar refractivity (Wildman–Crippen MR) is 46.8 cm³/mol. The highest BCUT2D eigenvalue weighted by atomic mass is 19.3. The third-order valence-corrected chi connectivity index (χ3v) is 1.65. The highest BCUT2D eigenvalue weighted by Gasteiger charge is 2.19. The monoisotopic (exact) mass is 212 g/mol. The Bertz CT molecular complexity index is 453. The number of pyridine rings is 1. The summed E-state index contributed by atoms with van der Waals surface area (Å²) in [5.41, 5.74) is 8.48. The molecular formula is C8H6F2N4O. The van der Waals surface area contributed by atoms with Crippen LogP contribution in [-0.2, 0) is 0 Å². The Morgan fingerprint density at radius 3 is 2.60 bits per heavy atom. The van der Waals surface area contributed by atoms with Crippen LogP contribution in [0.3, 0.4) is 0 Å². The second-order valence-corrected chi connectivity index (χ2v) is 2.64. The van der Waals surface area contributed by atoms with Gasteiger partial charge < -0.3 is 11.5 Å². The van der Waals surface area contributed by atoms with Crippen LogP contribution in [0.25, 0.3) is 0 Å². The van der Waals surface area contributed by atoms with E-state index in [0.29, 0.717) is 0 Å². The van der Waals surface area contributed by atoms with E-state index in [1.807, 2.05) is 0 Å². The summed E-state index contributed by atoms with van der Waals surface area (Å²) in [4.78, 5) is 14.1. The highest BCUT2D eigenvalue weighted by molar-refractivity contribution is 5.99. The minimum Gasteiger partial charge on any atom is -0.398 e. The molecule has 0 atom stereocenters. The molecule has 0 unspecified atom stereocenters. The smallest absolute Gasteiger partial charge is 0.280 e. The quantitative estimate of drug-likeness (QED) is 0.747. The van der Waals surface area contributed by atoms with Crippen LogP contribution < -0.4 is 11.5 Å². The van der Waals surface area contributed by atoms with Crippen LogP contribution in [0.1, 0.15) is 28.2 Å². The van der Waals surface area contributed by atoms with Gasteiger partial charge in [-0.25, -0.2) is 13.8 Å². The number of carbonyl (C=O) groups excluding carboxylic acids is 1. The number of nitriles is 1. The summed E-state index contributed by atoms with van der Waals surface area (Å²) in [6.07, 6.45) is -2.86. The Morgan fingerprint density at radius 1 is 1.60 bits per heavy atom. The summed E-state index contributed by atoms with van der Waals surface area (Å²) < 4.78 is 24.5. The van der Waals surface area contributed by atoms with Gasteiger partial charge in [-0.05, 0) is 6.07 Å². The van der Waals surface area contributed by atoms with Gasteiger partial charge in [0.1, 0.15) is 11.8 Å². The van der Waals surface area contributed by atoms with Gasteiger partial charge >= 0.3 is 0 Å². The number of aromatic nitrogens is 1. The molecule has 0 radical (unpaired) electrons. The zero-order valence-corrected chi connectivity index (χ0v) is 7.37. The minimum atomic E-state index is -2.86. The number of hydrogen-bond donors (Lipinski definition) is 2. The molecule has 0 aliphatic heterocycles. The number of rotatable bonds is 2. The van der Waals surface area contributed by atoms with Crippen molar-refractivity contribution in [2.75, 3.05) is 5.73 Å². The van der Waals surface area contributed by atoms with Crippen molar-refractivity contribution in [1.82, 2.24) is 4.98 Å². The number of nitrogen functional groups attached to an aromatic ring is 1. The number of primary amides is 1. The van der Waals surface area contributed by atoms with Gasteiger partial charge in [-0.1, -0.05) is 0 Å². The molecule has 1 aromatic rings. The first-order valence-corrected chi connectivity index (χ1v) is 3.75. The predicted octanol–water partition coefficient (Wildman–Crippen LogP) is 0.572. The Morgan fingerprint density at radius 2 is 2.20 bits per heavy atom. The van der Waals surface area contributed by atoms with Crippen LogP contribution >= 0.6 is 0 Å². The molecule has 78 valence electrons. The Balaban J connectivity index is 3.46. The van der Waals surface area contributed by atoms with Crippen molar-refractivity contribution in [3.63, 3.8) is 0 Å². The maximum absolute atomic E-state index is 12.3. The molecule has 1 aromatic heterocycles. The SMILES string of the molecule is N#Cc1nc(C(F)F)cc(N)c1C(N)=O. The number of anilines is 1. The second kappa shape index (κ2) is 3.88. The van der Waals surface area contributed by atoms with Gasteiger partial charge in [-0.3, -0.25) is 4.79 Å². The summed E-state index contributed by atoms with van der Waals surface area (Å²) in [6.45, 7) is 0. The van der Waals surface area contributed by atoms with E-state index >= 15 is 0 Å². The van der Waals surface area contributed by atoms with Crippen molar-refractivity contribution >= 4 is 11.6 Å². The van der Waals surface area contributed by atoms with Gasteiger partial charge in [0.25, 0.3) is 12.3 Å². The first-order valence-electron chi connectivity index (χ1n) is 3.75. The summed E-state index contributed by atoms with van der Waals surface area (Å²) in [5.74, 6) is -0.975. The number of carbonyl (C=O) groups is 1. The molecule has 4 N–H and O–H groups in total. The molecule has 7 heteroatoms. The van der Waals surface area contributed by atoms with E-state index in [9.17, 15) is 13.6 Å². The molecule has 0 spiro atoms. The lowest BCUT2D eigenvalue weighted by Gasteiger charge is -2.06.